The summed E-state index contributed by atoms with van der Waals surface area (Å²) in [6, 6.07) is 2.84. The summed E-state index contributed by atoms with van der Waals surface area (Å²) in [5.74, 6) is -2.31. The van der Waals surface area contributed by atoms with E-state index in [1.165, 1.54) is 18.2 Å². The van der Waals surface area contributed by atoms with Gasteiger partial charge in [-0.05, 0) is 63.0 Å². The van der Waals surface area contributed by atoms with Crippen LogP contribution in [0.2, 0.25) is 5.02 Å². The van der Waals surface area contributed by atoms with Gasteiger partial charge in [-0.25, -0.2) is 18.2 Å². The monoisotopic (exact) mass is 745 g/mol. The largest absolute Gasteiger partial charge is 0.494 e. The van der Waals surface area contributed by atoms with Crippen molar-refractivity contribution in [3.63, 3.8) is 0 Å². The Morgan fingerprint density at radius 3 is 2.59 bits per heavy atom. The van der Waals surface area contributed by atoms with E-state index in [1.807, 2.05) is 19.1 Å². The number of sulfonamides is 1. The predicted octanol–water partition coefficient (Wildman–Crippen LogP) is 3.77. The zero-order valence-corrected chi connectivity index (χ0v) is 30.6. The Morgan fingerprint density at radius 2 is 1.90 bits per heavy atom. The van der Waals surface area contributed by atoms with Crippen LogP contribution in [-0.2, 0) is 24.4 Å². The van der Waals surface area contributed by atoms with E-state index in [1.54, 1.807) is 32.0 Å². The first-order chi connectivity index (χ1) is 24.1. The number of carbonyl (C=O) groups is 4. The highest BCUT2D eigenvalue weighted by atomic mass is 35.5. The van der Waals surface area contributed by atoms with Crippen molar-refractivity contribution in [1.82, 2.24) is 25.2 Å². The number of allylic oxidation sites excluding steroid dienone is 1. The fourth-order valence-corrected chi connectivity index (χ4v) is 8.74. The molecule has 2 aromatic rings. The molecule has 1 aromatic heterocycles. The number of pyridine rings is 1. The molecule has 1 saturated heterocycles. The molecule has 4 N–H and O–H groups in total. The molecule has 0 unspecified atom stereocenters. The molecule has 4 amide bonds. The Balaban J connectivity index is 1.35. The summed E-state index contributed by atoms with van der Waals surface area (Å²) in [5, 5.41) is 16.5. The van der Waals surface area contributed by atoms with Crippen molar-refractivity contribution < 1.29 is 42.2 Å². The molecule has 2 aliphatic heterocycles. The number of rotatable bonds is 7. The third kappa shape index (κ3) is 7.19. The lowest BCUT2D eigenvalue weighted by Gasteiger charge is -2.31. The van der Waals surface area contributed by atoms with E-state index < -0.39 is 74.1 Å². The predicted molar refractivity (Wildman–Crippen MR) is 188 cm³/mol. The molecule has 3 heterocycles. The number of halogens is 1. The van der Waals surface area contributed by atoms with Crippen LogP contribution in [0.15, 0.2) is 36.5 Å². The minimum atomic E-state index is -4.01. The van der Waals surface area contributed by atoms with Gasteiger partial charge in [0.2, 0.25) is 27.7 Å². The van der Waals surface area contributed by atoms with Crippen LogP contribution in [0.3, 0.4) is 0 Å². The van der Waals surface area contributed by atoms with Gasteiger partial charge in [-0.3, -0.25) is 19.1 Å². The molecule has 4 aliphatic rings. The van der Waals surface area contributed by atoms with Crippen molar-refractivity contribution in [1.29, 1.82) is 0 Å². The maximum absolute atomic E-state index is 14.3. The highest BCUT2D eigenvalue weighted by Crippen LogP contribution is 2.48. The van der Waals surface area contributed by atoms with E-state index in [-0.39, 0.29) is 31.2 Å². The first-order valence-corrected chi connectivity index (χ1v) is 19.1. The van der Waals surface area contributed by atoms with E-state index in [2.05, 4.69) is 20.3 Å². The number of nitrogens with zero attached hydrogens (tertiary/aromatic N) is 2. The second kappa shape index (κ2) is 13.8. The summed E-state index contributed by atoms with van der Waals surface area (Å²) >= 11 is 6.50. The summed E-state index contributed by atoms with van der Waals surface area (Å²) in [4.78, 5) is 60.1. The zero-order valence-electron chi connectivity index (χ0n) is 29.0. The molecule has 3 fully saturated rings. The van der Waals surface area contributed by atoms with Crippen LogP contribution in [0.25, 0.3) is 10.8 Å². The lowest BCUT2D eigenvalue weighted by Crippen LogP contribution is -2.59. The number of hydrogen-bond donors (Lipinski definition) is 4. The average molecular weight is 746 g/mol. The topological polar surface area (TPSA) is 193 Å². The van der Waals surface area contributed by atoms with Crippen LogP contribution in [0, 0.1) is 17.8 Å². The van der Waals surface area contributed by atoms with Crippen LogP contribution >= 0.6 is 11.6 Å². The van der Waals surface area contributed by atoms with Gasteiger partial charge in [-0.1, -0.05) is 50.1 Å². The van der Waals surface area contributed by atoms with Crippen molar-refractivity contribution in [2.45, 2.75) is 94.2 Å². The number of carbonyl (C=O) groups excluding carboxylic acids is 3. The number of nitrogens with one attached hydrogen (secondary N) is 3. The van der Waals surface area contributed by atoms with Crippen LogP contribution in [0.1, 0.15) is 65.7 Å². The van der Waals surface area contributed by atoms with Gasteiger partial charge in [0, 0.05) is 23.1 Å². The van der Waals surface area contributed by atoms with Crippen molar-refractivity contribution >= 4 is 56.2 Å². The Hall–Kier alpha value is -4.11. The number of amides is 4. The third-order valence-corrected chi connectivity index (χ3v) is 13.3. The van der Waals surface area contributed by atoms with E-state index >= 15 is 0 Å². The number of aromatic nitrogens is 1. The average Bonchev–Trinajstić information content (AvgIpc) is 3.96. The molecule has 2 aliphatic carbocycles. The maximum Gasteiger partial charge on any atom is 0.405 e. The Morgan fingerprint density at radius 1 is 1.16 bits per heavy atom. The van der Waals surface area contributed by atoms with Crippen LogP contribution in [-0.4, -0.2) is 89.4 Å². The number of carboxylic acid groups (broad SMARTS) is 1. The lowest BCUT2D eigenvalue weighted by molar-refractivity contribution is -0.142. The molecule has 2 saturated carbocycles. The molecular formula is C35H44ClN5O9S. The molecule has 0 radical (unpaired) electrons. The highest BCUT2D eigenvalue weighted by Gasteiger charge is 2.63. The first kappa shape index (κ1) is 36.7. The molecule has 6 rings (SSSR count). The normalized spacial score (nSPS) is 30.6. The highest BCUT2D eigenvalue weighted by molar-refractivity contribution is 7.91. The zero-order chi connectivity index (χ0) is 36.9. The van der Waals surface area contributed by atoms with E-state index in [9.17, 15) is 32.7 Å². The Kier molecular flexibility index (Phi) is 9.92. The van der Waals surface area contributed by atoms with E-state index in [0.29, 0.717) is 47.2 Å². The van der Waals surface area contributed by atoms with E-state index in [0.717, 1.165) is 6.42 Å². The minimum Gasteiger partial charge on any atom is -0.494 e. The SMILES string of the molecule is COc1cnc(O[C@@H]2C[C@H]3C(=O)N[C@]4(C(=O)NS(=O)(=O)C5(C)CC5)C[C@H]4C=C[C@H](C)CCC[C@@H](C)[C@H](NC(=O)O)C(=O)N3C2)c2cccc(Cl)c12. The molecular weight excluding hydrogens is 702 g/mol. The van der Waals surface area contributed by atoms with Crippen molar-refractivity contribution in [3.8, 4) is 11.6 Å². The number of benzene rings is 1. The summed E-state index contributed by atoms with van der Waals surface area (Å²) in [5.41, 5.74) is -1.56. The summed E-state index contributed by atoms with van der Waals surface area (Å²) in [7, 11) is -2.52. The van der Waals surface area contributed by atoms with Crippen LogP contribution in [0.4, 0.5) is 4.79 Å². The molecule has 0 spiro atoms. The smallest absolute Gasteiger partial charge is 0.405 e. The summed E-state index contributed by atoms with van der Waals surface area (Å²) < 4.78 is 39.2. The maximum atomic E-state index is 14.3. The molecule has 1 aromatic carbocycles. The van der Waals surface area contributed by atoms with Gasteiger partial charge < -0.3 is 30.1 Å². The minimum absolute atomic E-state index is 0.0207. The van der Waals surface area contributed by atoms with E-state index in [4.69, 9.17) is 21.1 Å². The second-order valence-electron chi connectivity index (χ2n) is 14.6. The van der Waals surface area contributed by atoms with Crippen LogP contribution in [0.5, 0.6) is 11.6 Å². The number of methoxy groups -OCH3 is 1. The number of fused-ring (bicyclic) bond motifs is 3. The summed E-state index contributed by atoms with van der Waals surface area (Å²) in [6.45, 7) is 5.27. The fraction of sp³-hybridized carbons (Fsp3) is 0.571. The van der Waals surface area contributed by atoms with Gasteiger partial charge >= 0.3 is 6.09 Å². The Bertz CT molecular complexity index is 1890. The van der Waals surface area contributed by atoms with Gasteiger partial charge in [0.1, 0.15) is 29.5 Å². The fourth-order valence-electron chi connectivity index (χ4n) is 7.16. The molecule has 14 nitrogen and oxygen atoms in total. The Labute approximate surface area is 301 Å². The second-order valence-corrected chi connectivity index (χ2v) is 17.2. The van der Waals surface area contributed by atoms with Crippen molar-refractivity contribution in [2.75, 3.05) is 13.7 Å². The molecule has 0 bridgehead atoms. The van der Waals surface area contributed by atoms with Gasteiger partial charge in [-0.2, -0.15) is 0 Å². The molecule has 16 heteroatoms. The van der Waals surface area contributed by atoms with Gasteiger partial charge in [0.25, 0.3) is 5.91 Å². The van der Waals surface area contributed by atoms with Gasteiger partial charge in [0.15, 0.2) is 0 Å². The van der Waals surface area contributed by atoms with Crippen LogP contribution < -0.4 is 24.8 Å². The lowest BCUT2D eigenvalue weighted by atomic mass is 9.92. The summed E-state index contributed by atoms with van der Waals surface area (Å²) in [6.07, 6.45) is 6.06. The third-order valence-electron chi connectivity index (χ3n) is 10.8. The standard InChI is InChI=1S/C35H44ClN5O9S/c1-19-7-5-8-20(2)28(38-33(45)46)31(43)41-18-22(50-30-23-9-6-10-24(36)27(23)26(49-4)17-37-30)15-25(41)29(42)39-35(16-21(35)12-11-19)32(44)40-51(47,48)34(3)13-14-34/h6,9-12,17,19-22,25,28,38H,5,7-8,13-16,18H2,1-4H3,(H,39,42)(H,40,44)(H,45,46)/t19-,20-,21-,22-,25+,28+,35-/m1/s1. The molecule has 276 valence electrons. The molecule has 51 heavy (non-hydrogen) atoms. The van der Waals surface area contributed by atoms with Gasteiger partial charge in [-0.15, -0.1) is 0 Å². The number of ether oxygens (including phenoxy) is 2. The number of hydrogen-bond acceptors (Lipinski definition) is 9. The van der Waals surface area contributed by atoms with Gasteiger partial charge in [0.05, 0.1) is 29.6 Å². The van der Waals surface area contributed by atoms with Crippen molar-refractivity contribution in [3.05, 3.63) is 41.6 Å². The molecule has 7 atom stereocenters. The quantitative estimate of drug-likeness (QED) is 0.303. The van der Waals surface area contributed by atoms with Crippen molar-refractivity contribution in [2.24, 2.45) is 17.8 Å². The first-order valence-electron chi connectivity index (χ1n) is 17.2.